The second-order valence-corrected chi connectivity index (χ2v) is 17.1. The van der Waals surface area contributed by atoms with E-state index in [1.54, 1.807) is 11.1 Å². The summed E-state index contributed by atoms with van der Waals surface area (Å²) in [6, 6.07) is 61.4. The van der Waals surface area contributed by atoms with E-state index in [2.05, 4.69) is 169 Å². The summed E-state index contributed by atoms with van der Waals surface area (Å²) in [7, 11) is 0. The first-order chi connectivity index (χ1) is 27.2. The van der Waals surface area contributed by atoms with Crippen molar-refractivity contribution in [3.63, 3.8) is 0 Å². The van der Waals surface area contributed by atoms with E-state index in [1.165, 1.54) is 92.3 Å². The molecule has 0 amide bonds. The molecule has 0 saturated heterocycles. The number of anilines is 3. The smallest absolute Gasteiger partial charge is 0.0708 e. The molecule has 2 spiro atoms. The van der Waals surface area contributed by atoms with Crippen LogP contribution in [0.2, 0.25) is 0 Å². The summed E-state index contributed by atoms with van der Waals surface area (Å²) in [6.07, 6.45) is 7.67. The number of hydrogen-bond donors (Lipinski definition) is 0. The zero-order valence-corrected chi connectivity index (χ0v) is 30.7. The van der Waals surface area contributed by atoms with Crippen molar-refractivity contribution in [3.05, 3.63) is 181 Å². The van der Waals surface area contributed by atoms with E-state index < -0.39 is 0 Å². The van der Waals surface area contributed by atoms with E-state index in [4.69, 9.17) is 4.98 Å². The third-order valence-electron chi connectivity index (χ3n) is 15.2. The number of aromatic nitrogens is 1. The first-order valence-electron chi connectivity index (χ1n) is 20.3. The summed E-state index contributed by atoms with van der Waals surface area (Å²) in [5.74, 6) is 3.31. The Balaban J connectivity index is 1.07. The van der Waals surface area contributed by atoms with Crippen LogP contribution >= 0.6 is 0 Å². The molecule has 2 heteroatoms. The molecule has 2 nitrogen and oxygen atoms in total. The average Bonchev–Trinajstić information content (AvgIpc) is 3.89. The Morgan fingerprint density at radius 2 is 1.20 bits per heavy atom. The van der Waals surface area contributed by atoms with Crippen LogP contribution in [0.1, 0.15) is 36.8 Å². The normalized spacial score (nSPS) is 26.0. The fourth-order valence-electron chi connectivity index (χ4n) is 13.4. The van der Waals surface area contributed by atoms with Crippen LogP contribution in [0.4, 0.5) is 17.1 Å². The predicted octanol–water partition coefficient (Wildman–Crippen LogP) is 13.5. The summed E-state index contributed by atoms with van der Waals surface area (Å²) in [4.78, 5) is 7.35. The van der Waals surface area contributed by atoms with Crippen LogP contribution in [0.15, 0.2) is 170 Å². The minimum atomic E-state index is 0.0715. The summed E-state index contributed by atoms with van der Waals surface area (Å²) in [6.45, 7) is 0. The largest absolute Gasteiger partial charge is 0.310 e. The van der Waals surface area contributed by atoms with Crippen LogP contribution in [0, 0.1) is 29.1 Å². The lowest BCUT2D eigenvalue weighted by Gasteiger charge is -2.76. The molecule has 13 rings (SSSR count). The molecule has 55 heavy (non-hydrogen) atoms. The Morgan fingerprint density at radius 1 is 0.491 bits per heavy atom. The first kappa shape index (κ1) is 30.3. The van der Waals surface area contributed by atoms with Gasteiger partial charge in [-0.05, 0) is 141 Å². The second kappa shape index (κ2) is 10.8. The molecular weight excluding hydrogens is 665 g/mol. The van der Waals surface area contributed by atoms with Crippen LogP contribution in [0.3, 0.4) is 0 Å². The van der Waals surface area contributed by atoms with Gasteiger partial charge < -0.3 is 4.90 Å². The third kappa shape index (κ3) is 3.73. The zero-order valence-electron chi connectivity index (χ0n) is 30.7. The van der Waals surface area contributed by atoms with Crippen LogP contribution in [-0.4, -0.2) is 4.98 Å². The van der Waals surface area contributed by atoms with Crippen molar-refractivity contribution in [2.24, 2.45) is 29.1 Å². The quantitative estimate of drug-likeness (QED) is 0.177. The van der Waals surface area contributed by atoms with E-state index in [0.717, 1.165) is 29.2 Å². The molecule has 8 aromatic rings. The molecule has 7 aromatic carbocycles. The molecule has 6 atom stereocenters. The SMILES string of the molecule is c1ccc(-c2ccc(N(c3cccc4c3C3(c5ccccc5-4)C4CC5CC6CC3C64C5)c3ccc(-c4ccnc5ccccc45)c4ccccc34)cc2)cc1. The molecule has 0 radical (unpaired) electrons. The lowest BCUT2D eigenvalue weighted by Crippen LogP contribution is -2.73. The van der Waals surface area contributed by atoms with E-state index >= 15 is 0 Å². The average molecular weight is 705 g/mol. The molecule has 5 aliphatic rings. The van der Waals surface area contributed by atoms with Crippen molar-refractivity contribution in [2.75, 3.05) is 4.90 Å². The van der Waals surface area contributed by atoms with Gasteiger partial charge in [0.05, 0.1) is 16.9 Å². The molecule has 1 heterocycles. The second-order valence-electron chi connectivity index (χ2n) is 17.1. The van der Waals surface area contributed by atoms with Crippen LogP contribution in [0.5, 0.6) is 0 Å². The molecule has 1 aromatic heterocycles. The monoisotopic (exact) mass is 704 g/mol. The van der Waals surface area contributed by atoms with Gasteiger partial charge in [0.2, 0.25) is 0 Å². The Labute approximate surface area is 322 Å². The van der Waals surface area contributed by atoms with Gasteiger partial charge in [0.15, 0.2) is 0 Å². The van der Waals surface area contributed by atoms with Gasteiger partial charge in [-0.3, -0.25) is 4.98 Å². The number of nitrogens with zero attached hydrogens (tertiary/aromatic N) is 2. The number of hydrogen-bond acceptors (Lipinski definition) is 2. The number of para-hydroxylation sites is 1. The Hall–Kier alpha value is -5.99. The first-order valence-corrected chi connectivity index (χ1v) is 20.3. The maximum Gasteiger partial charge on any atom is 0.0708 e. The Kier molecular flexibility index (Phi) is 5.97. The highest BCUT2D eigenvalue weighted by Gasteiger charge is 2.84. The highest BCUT2D eigenvalue weighted by atomic mass is 15.2. The maximum atomic E-state index is 4.72. The fraction of sp³-hybridized carbons (Fsp3) is 0.189. The minimum Gasteiger partial charge on any atom is -0.310 e. The topological polar surface area (TPSA) is 16.1 Å². The van der Waals surface area contributed by atoms with Gasteiger partial charge in [0, 0.05) is 28.1 Å². The highest BCUT2D eigenvalue weighted by Crippen LogP contribution is 2.90. The number of fused-ring (bicyclic) bond motifs is 10. The van der Waals surface area contributed by atoms with E-state index in [0.29, 0.717) is 5.41 Å². The standard InChI is InChI=1S/C53H40N2/c1-2-11-34(12-3-1)35-21-23-37(24-22-35)55(47-26-25-39(38-13-4-5-16-43(38)47)40-27-28-54-46-19-9-7-15-42(40)46)48-20-10-17-44-41-14-6-8-18-45(41)53(51(44)48)49-30-33-29-36-31-50(53)52(36,49)32-33/h1-28,33,36,49-50H,29-32H2. The van der Waals surface area contributed by atoms with E-state index in [9.17, 15) is 0 Å². The van der Waals surface area contributed by atoms with Gasteiger partial charge in [-0.25, -0.2) is 0 Å². The maximum absolute atomic E-state index is 4.72. The van der Waals surface area contributed by atoms with E-state index in [-0.39, 0.29) is 5.41 Å². The molecule has 6 unspecified atom stereocenters. The van der Waals surface area contributed by atoms with Crippen molar-refractivity contribution < 1.29 is 0 Å². The molecule has 5 aliphatic carbocycles. The zero-order chi connectivity index (χ0) is 35.9. The predicted molar refractivity (Wildman–Crippen MR) is 226 cm³/mol. The van der Waals surface area contributed by atoms with Gasteiger partial charge in [-0.15, -0.1) is 0 Å². The van der Waals surface area contributed by atoms with Crippen molar-refractivity contribution >= 4 is 38.7 Å². The summed E-state index contributed by atoms with van der Waals surface area (Å²) in [5, 5.41) is 3.69. The van der Waals surface area contributed by atoms with Crippen molar-refractivity contribution in [3.8, 4) is 33.4 Å². The van der Waals surface area contributed by atoms with Crippen molar-refractivity contribution in [2.45, 2.75) is 31.1 Å². The summed E-state index contributed by atoms with van der Waals surface area (Å²) in [5.41, 5.74) is 16.5. The molecular formula is C53H40N2. The fourth-order valence-corrected chi connectivity index (χ4v) is 13.4. The lowest BCUT2D eigenvalue weighted by atomic mass is 9.26. The molecule has 0 aliphatic heterocycles. The third-order valence-corrected chi connectivity index (χ3v) is 15.2. The summed E-state index contributed by atoms with van der Waals surface area (Å²) >= 11 is 0. The molecule has 4 saturated carbocycles. The number of rotatable bonds is 5. The Bertz CT molecular complexity index is 2870. The van der Waals surface area contributed by atoms with E-state index in [1.807, 2.05) is 6.20 Å². The lowest BCUT2D eigenvalue weighted by molar-refractivity contribution is -0.231. The van der Waals surface area contributed by atoms with Crippen molar-refractivity contribution in [1.82, 2.24) is 4.98 Å². The van der Waals surface area contributed by atoms with Gasteiger partial charge >= 0.3 is 0 Å². The van der Waals surface area contributed by atoms with Gasteiger partial charge in [-0.1, -0.05) is 127 Å². The highest BCUT2D eigenvalue weighted by molar-refractivity contribution is 6.10. The van der Waals surface area contributed by atoms with Crippen molar-refractivity contribution in [1.29, 1.82) is 0 Å². The molecule has 0 N–H and O–H groups in total. The van der Waals surface area contributed by atoms with Crippen LogP contribution < -0.4 is 4.90 Å². The molecule has 262 valence electrons. The van der Waals surface area contributed by atoms with Crippen LogP contribution in [-0.2, 0) is 5.41 Å². The molecule has 4 fully saturated rings. The number of benzene rings is 7. The number of pyridine rings is 1. The summed E-state index contributed by atoms with van der Waals surface area (Å²) < 4.78 is 0. The van der Waals surface area contributed by atoms with Gasteiger partial charge in [-0.2, -0.15) is 0 Å². The van der Waals surface area contributed by atoms with Crippen LogP contribution in [0.25, 0.3) is 55.1 Å². The Morgan fingerprint density at radius 3 is 2.07 bits per heavy atom. The van der Waals surface area contributed by atoms with Gasteiger partial charge in [0.25, 0.3) is 0 Å². The minimum absolute atomic E-state index is 0.0715. The molecule has 2 bridgehead atoms. The van der Waals surface area contributed by atoms with Gasteiger partial charge in [0.1, 0.15) is 0 Å².